The van der Waals surface area contributed by atoms with Gasteiger partial charge >= 0.3 is 6.03 Å². The van der Waals surface area contributed by atoms with Crippen molar-refractivity contribution < 1.29 is 9.53 Å². The predicted molar refractivity (Wildman–Crippen MR) is 92.9 cm³/mol. The van der Waals surface area contributed by atoms with Gasteiger partial charge in [0, 0.05) is 19.8 Å². The van der Waals surface area contributed by atoms with Gasteiger partial charge in [-0.25, -0.2) is 14.8 Å². The monoisotopic (exact) mass is 328 g/mol. The quantitative estimate of drug-likeness (QED) is 0.794. The van der Waals surface area contributed by atoms with Crippen LogP contribution in [-0.2, 0) is 6.42 Å². The smallest absolute Gasteiger partial charge is 0.317 e. The Kier molecular flexibility index (Phi) is 6.54. The maximum Gasteiger partial charge on any atom is 0.317 e. The van der Waals surface area contributed by atoms with E-state index in [-0.39, 0.29) is 12.1 Å². The molecule has 1 heterocycles. The zero-order chi connectivity index (χ0) is 17.4. The lowest BCUT2D eigenvalue weighted by Crippen LogP contribution is -2.39. The molecule has 0 aliphatic carbocycles. The number of amides is 2. The first-order valence-electron chi connectivity index (χ1n) is 8.02. The van der Waals surface area contributed by atoms with Gasteiger partial charge in [-0.05, 0) is 37.5 Å². The fourth-order valence-electron chi connectivity index (χ4n) is 2.43. The van der Waals surface area contributed by atoms with Crippen LogP contribution in [-0.4, -0.2) is 41.6 Å². The maximum atomic E-state index is 12.2. The number of aryl methyl sites for hydroxylation is 1. The normalized spacial score (nSPS) is 11.6. The van der Waals surface area contributed by atoms with Crippen LogP contribution in [0.2, 0.25) is 0 Å². The van der Waals surface area contributed by atoms with Gasteiger partial charge in [0.2, 0.25) is 0 Å². The highest BCUT2D eigenvalue weighted by Gasteiger charge is 2.17. The molecule has 2 amide bonds. The highest BCUT2D eigenvalue weighted by molar-refractivity contribution is 5.74. The zero-order valence-corrected chi connectivity index (χ0v) is 14.4. The molecule has 6 nitrogen and oxygen atoms in total. The lowest BCUT2D eigenvalue weighted by Gasteiger charge is -2.24. The zero-order valence-electron chi connectivity index (χ0n) is 14.4. The van der Waals surface area contributed by atoms with E-state index in [0.717, 1.165) is 29.8 Å². The third kappa shape index (κ3) is 4.68. The van der Waals surface area contributed by atoms with Crippen molar-refractivity contribution in [1.82, 2.24) is 20.2 Å². The van der Waals surface area contributed by atoms with E-state index in [4.69, 9.17) is 4.74 Å². The lowest BCUT2D eigenvalue weighted by atomic mass is 10.1. The number of benzene rings is 1. The van der Waals surface area contributed by atoms with Crippen LogP contribution >= 0.6 is 0 Å². The van der Waals surface area contributed by atoms with Gasteiger partial charge in [-0.3, -0.25) is 0 Å². The Bertz CT molecular complexity index is 648. The molecule has 0 saturated carbocycles. The minimum atomic E-state index is -0.110. The fraction of sp³-hybridized carbons (Fsp3) is 0.389. The van der Waals surface area contributed by atoms with Crippen molar-refractivity contribution in [2.24, 2.45) is 0 Å². The molecule has 0 radical (unpaired) electrons. The van der Waals surface area contributed by atoms with Crippen molar-refractivity contribution in [2.75, 3.05) is 20.7 Å². The molecule has 24 heavy (non-hydrogen) atoms. The summed E-state index contributed by atoms with van der Waals surface area (Å²) < 4.78 is 5.33. The molecule has 0 saturated heterocycles. The van der Waals surface area contributed by atoms with Crippen LogP contribution in [0.25, 0.3) is 0 Å². The van der Waals surface area contributed by atoms with Gasteiger partial charge in [-0.2, -0.15) is 0 Å². The molecule has 1 N–H and O–H groups in total. The number of nitrogens with zero attached hydrogens (tertiary/aromatic N) is 3. The van der Waals surface area contributed by atoms with Crippen molar-refractivity contribution in [3.05, 3.63) is 54.1 Å². The second-order valence-corrected chi connectivity index (χ2v) is 5.57. The molecule has 6 heteroatoms. The molecule has 0 fully saturated rings. The molecular weight excluding hydrogens is 304 g/mol. The predicted octanol–water partition coefficient (Wildman–Crippen LogP) is 2.82. The van der Waals surface area contributed by atoms with E-state index >= 15 is 0 Å². The highest BCUT2D eigenvalue weighted by Crippen LogP contribution is 2.18. The minimum Gasteiger partial charge on any atom is -0.496 e. The third-order valence-corrected chi connectivity index (χ3v) is 4.03. The molecule has 1 atom stereocenters. The van der Waals surface area contributed by atoms with Crippen LogP contribution in [0.3, 0.4) is 0 Å². The summed E-state index contributed by atoms with van der Waals surface area (Å²) in [5.74, 6) is 0.887. The van der Waals surface area contributed by atoms with Crippen LogP contribution in [0.5, 0.6) is 5.75 Å². The van der Waals surface area contributed by atoms with Crippen molar-refractivity contribution in [1.29, 1.82) is 0 Å². The van der Waals surface area contributed by atoms with Crippen LogP contribution in [0.4, 0.5) is 4.79 Å². The fourth-order valence-corrected chi connectivity index (χ4v) is 2.43. The molecule has 0 spiro atoms. The first kappa shape index (κ1) is 17.7. The van der Waals surface area contributed by atoms with Gasteiger partial charge in [0.25, 0.3) is 0 Å². The third-order valence-electron chi connectivity index (χ3n) is 4.03. The number of rotatable bonds is 7. The number of hydrogen-bond acceptors (Lipinski definition) is 4. The summed E-state index contributed by atoms with van der Waals surface area (Å²) in [5.41, 5.74) is 1.97. The van der Waals surface area contributed by atoms with Gasteiger partial charge in [0.05, 0.1) is 18.8 Å². The summed E-state index contributed by atoms with van der Waals surface area (Å²) in [4.78, 5) is 22.0. The van der Waals surface area contributed by atoms with E-state index in [1.165, 1.54) is 6.33 Å². The van der Waals surface area contributed by atoms with Crippen molar-refractivity contribution in [3.63, 3.8) is 0 Å². The number of urea groups is 1. The number of carbonyl (C=O) groups is 1. The van der Waals surface area contributed by atoms with E-state index in [2.05, 4.69) is 15.3 Å². The van der Waals surface area contributed by atoms with Gasteiger partial charge in [-0.15, -0.1) is 0 Å². The molecular formula is C18H24N4O2. The maximum absolute atomic E-state index is 12.2. The largest absolute Gasteiger partial charge is 0.496 e. The number of nitrogens with one attached hydrogen (secondary N) is 1. The van der Waals surface area contributed by atoms with Gasteiger partial charge in [0.1, 0.15) is 12.1 Å². The van der Waals surface area contributed by atoms with Crippen molar-refractivity contribution >= 4 is 6.03 Å². The topological polar surface area (TPSA) is 67.3 Å². The van der Waals surface area contributed by atoms with Crippen molar-refractivity contribution in [3.8, 4) is 5.75 Å². The van der Waals surface area contributed by atoms with E-state index in [0.29, 0.717) is 6.54 Å². The number of carbonyl (C=O) groups excluding carboxylic acids is 1. The number of aromatic nitrogens is 2. The molecule has 1 aromatic carbocycles. The Hall–Kier alpha value is -2.63. The molecule has 0 unspecified atom stereocenters. The summed E-state index contributed by atoms with van der Waals surface area (Å²) in [7, 11) is 3.44. The number of methoxy groups -OCH3 is 1. The molecule has 0 aliphatic heterocycles. The molecule has 0 aliphatic rings. The molecule has 1 aromatic heterocycles. The van der Waals surface area contributed by atoms with Crippen LogP contribution in [0.1, 0.15) is 30.6 Å². The number of hydrogen-bond donors (Lipinski definition) is 1. The lowest BCUT2D eigenvalue weighted by molar-refractivity contribution is 0.193. The molecule has 0 bridgehead atoms. The molecule has 128 valence electrons. The van der Waals surface area contributed by atoms with Crippen LogP contribution < -0.4 is 10.1 Å². The highest BCUT2D eigenvalue weighted by atomic mass is 16.5. The van der Waals surface area contributed by atoms with E-state index in [9.17, 15) is 4.79 Å². The average Bonchev–Trinajstić information content (AvgIpc) is 2.64. The first-order valence-corrected chi connectivity index (χ1v) is 8.02. The van der Waals surface area contributed by atoms with Crippen LogP contribution in [0, 0.1) is 0 Å². The average molecular weight is 328 g/mol. The Morgan fingerprint density at radius 1 is 1.33 bits per heavy atom. The number of ether oxygens (including phenoxy) is 1. The summed E-state index contributed by atoms with van der Waals surface area (Å²) in [6, 6.07) is 9.54. The Morgan fingerprint density at radius 3 is 2.83 bits per heavy atom. The number of para-hydroxylation sites is 1. The SMILES string of the molecule is COc1ccccc1CCCNC(=O)N(C)[C@@H](C)c1ccncn1. The summed E-state index contributed by atoms with van der Waals surface area (Å²) in [6.07, 6.45) is 4.87. The minimum absolute atomic E-state index is 0.109. The molecule has 2 aromatic rings. The first-order chi connectivity index (χ1) is 11.6. The van der Waals surface area contributed by atoms with Gasteiger partial charge in [-0.1, -0.05) is 18.2 Å². The van der Waals surface area contributed by atoms with Gasteiger partial charge < -0.3 is 15.0 Å². The van der Waals surface area contributed by atoms with Gasteiger partial charge in [0.15, 0.2) is 0 Å². The Labute approximate surface area is 142 Å². The second-order valence-electron chi connectivity index (χ2n) is 5.57. The Balaban J connectivity index is 1.78. The Morgan fingerprint density at radius 2 is 2.12 bits per heavy atom. The summed E-state index contributed by atoms with van der Waals surface area (Å²) in [5, 5.41) is 2.94. The second kappa shape index (κ2) is 8.86. The summed E-state index contributed by atoms with van der Waals surface area (Å²) in [6.45, 7) is 2.55. The van der Waals surface area contributed by atoms with E-state index < -0.39 is 0 Å². The summed E-state index contributed by atoms with van der Waals surface area (Å²) >= 11 is 0. The van der Waals surface area contributed by atoms with Crippen molar-refractivity contribution in [2.45, 2.75) is 25.8 Å². The van der Waals surface area contributed by atoms with E-state index in [1.54, 1.807) is 25.3 Å². The van der Waals surface area contributed by atoms with E-state index in [1.807, 2.05) is 37.3 Å². The standard InChI is InChI=1S/C18H24N4O2/c1-14(16-10-12-19-13-21-16)22(2)18(23)20-11-6-8-15-7-4-5-9-17(15)24-3/h4-5,7,9-10,12-14H,6,8,11H2,1-3H3,(H,20,23)/t14-/m0/s1. The van der Waals surface area contributed by atoms with Crippen LogP contribution in [0.15, 0.2) is 42.9 Å². The molecule has 2 rings (SSSR count).